The van der Waals surface area contributed by atoms with E-state index in [-0.39, 0.29) is 12.5 Å². The average molecular weight is 348 g/mol. The Bertz CT molecular complexity index is 668. The van der Waals surface area contributed by atoms with E-state index in [0.717, 1.165) is 21.3 Å². The number of rotatable bonds is 4. The zero-order valence-electron chi connectivity index (χ0n) is 12.4. The van der Waals surface area contributed by atoms with Gasteiger partial charge in [0.15, 0.2) is 6.61 Å². The number of hydrogen-bond donors (Lipinski definition) is 1. The van der Waals surface area contributed by atoms with Crippen LogP contribution in [0.5, 0.6) is 5.75 Å². The van der Waals surface area contributed by atoms with Gasteiger partial charge in [-0.2, -0.15) is 0 Å². The molecule has 0 aliphatic carbocycles. The van der Waals surface area contributed by atoms with E-state index in [0.29, 0.717) is 5.75 Å². The van der Waals surface area contributed by atoms with Crippen LogP contribution in [-0.2, 0) is 4.79 Å². The predicted molar refractivity (Wildman–Crippen MR) is 88.9 cm³/mol. The van der Waals surface area contributed by atoms with Gasteiger partial charge in [0.1, 0.15) is 5.75 Å². The van der Waals surface area contributed by atoms with Crippen molar-refractivity contribution in [2.45, 2.75) is 20.8 Å². The molecule has 0 radical (unpaired) electrons. The van der Waals surface area contributed by atoms with Crippen LogP contribution < -0.4 is 10.1 Å². The summed E-state index contributed by atoms with van der Waals surface area (Å²) in [5, 5.41) is 2.81. The van der Waals surface area contributed by atoms with Crippen molar-refractivity contribution in [2.24, 2.45) is 0 Å². The summed E-state index contributed by atoms with van der Waals surface area (Å²) in [7, 11) is 0. The number of hydrogen-bond acceptors (Lipinski definition) is 2. The molecule has 2 aromatic carbocycles. The molecule has 0 heterocycles. The van der Waals surface area contributed by atoms with Gasteiger partial charge in [0.25, 0.3) is 5.91 Å². The van der Waals surface area contributed by atoms with E-state index in [4.69, 9.17) is 4.74 Å². The Morgan fingerprint density at radius 2 is 1.76 bits per heavy atom. The summed E-state index contributed by atoms with van der Waals surface area (Å²) < 4.78 is 6.47. The fraction of sp³-hybridized carbons (Fsp3) is 0.235. The maximum atomic E-state index is 11.9. The number of anilines is 1. The van der Waals surface area contributed by atoms with E-state index in [2.05, 4.69) is 21.2 Å². The van der Waals surface area contributed by atoms with E-state index >= 15 is 0 Å². The van der Waals surface area contributed by atoms with Gasteiger partial charge in [0.05, 0.1) is 0 Å². The van der Waals surface area contributed by atoms with E-state index in [9.17, 15) is 4.79 Å². The molecule has 0 unspecified atom stereocenters. The maximum absolute atomic E-state index is 11.9. The van der Waals surface area contributed by atoms with Crippen LogP contribution in [0.1, 0.15) is 16.7 Å². The Labute approximate surface area is 133 Å². The van der Waals surface area contributed by atoms with Gasteiger partial charge in [0, 0.05) is 10.2 Å². The molecule has 1 N–H and O–H groups in total. The molecule has 0 spiro atoms. The van der Waals surface area contributed by atoms with Gasteiger partial charge in [-0.3, -0.25) is 4.79 Å². The van der Waals surface area contributed by atoms with E-state index < -0.39 is 0 Å². The minimum atomic E-state index is -0.177. The number of ether oxygens (including phenoxy) is 1. The van der Waals surface area contributed by atoms with Crippen molar-refractivity contribution in [3.63, 3.8) is 0 Å². The van der Waals surface area contributed by atoms with Crippen LogP contribution in [0.4, 0.5) is 5.69 Å². The molecule has 21 heavy (non-hydrogen) atoms. The third-order valence-electron chi connectivity index (χ3n) is 3.30. The highest BCUT2D eigenvalue weighted by molar-refractivity contribution is 9.10. The highest BCUT2D eigenvalue weighted by Crippen LogP contribution is 2.21. The monoisotopic (exact) mass is 347 g/mol. The highest BCUT2D eigenvalue weighted by Gasteiger charge is 2.05. The minimum Gasteiger partial charge on any atom is -0.484 e. The third-order valence-corrected chi connectivity index (χ3v) is 4.16. The fourth-order valence-electron chi connectivity index (χ4n) is 1.82. The quantitative estimate of drug-likeness (QED) is 0.890. The first kappa shape index (κ1) is 15.6. The first-order valence-electron chi connectivity index (χ1n) is 6.72. The molecule has 0 aromatic heterocycles. The van der Waals surface area contributed by atoms with Gasteiger partial charge in [-0.1, -0.05) is 28.1 Å². The van der Waals surface area contributed by atoms with Crippen molar-refractivity contribution in [3.05, 3.63) is 57.6 Å². The Morgan fingerprint density at radius 1 is 1.05 bits per heavy atom. The number of benzene rings is 2. The van der Waals surface area contributed by atoms with Crippen molar-refractivity contribution < 1.29 is 9.53 Å². The summed E-state index contributed by atoms with van der Waals surface area (Å²) in [4.78, 5) is 11.9. The molecule has 0 saturated heterocycles. The first-order chi connectivity index (χ1) is 9.95. The van der Waals surface area contributed by atoms with Crippen molar-refractivity contribution in [1.82, 2.24) is 0 Å². The molecule has 0 aliphatic heterocycles. The van der Waals surface area contributed by atoms with Crippen LogP contribution in [-0.4, -0.2) is 12.5 Å². The lowest BCUT2D eigenvalue weighted by molar-refractivity contribution is -0.118. The number of carbonyl (C=O) groups is 1. The number of amides is 1. The summed E-state index contributed by atoms with van der Waals surface area (Å²) >= 11 is 3.44. The fourth-order valence-corrected chi connectivity index (χ4v) is 2.20. The molecule has 4 heteroatoms. The van der Waals surface area contributed by atoms with Crippen LogP contribution in [0.2, 0.25) is 0 Å². The average Bonchev–Trinajstić information content (AvgIpc) is 2.44. The number of nitrogens with one attached hydrogen (secondary N) is 1. The molecule has 0 atom stereocenters. The Morgan fingerprint density at radius 3 is 2.43 bits per heavy atom. The molecular weight excluding hydrogens is 330 g/mol. The molecular formula is C17H18BrNO2. The molecule has 2 rings (SSSR count). The lowest BCUT2D eigenvalue weighted by atomic mass is 10.1. The van der Waals surface area contributed by atoms with E-state index in [1.807, 2.05) is 57.2 Å². The molecule has 1 amide bonds. The first-order valence-corrected chi connectivity index (χ1v) is 7.51. The summed E-state index contributed by atoms with van der Waals surface area (Å²) in [6.45, 7) is 6.06. The normalized spacial score (nSPS) is 10.3. The van der Waals surface area contributed by atoms with Crippen molar-refractivity contribution in [1.29, 1.82) is 0 Å². The zero-order valence-corrected chi connectivity index (χ0v) is 14.0. The Kier molecular flexibility index (Phi) is 5.02. The second kappa shape index (κ2) is 6.76. The Hall–Kier alpha value is -1.81. The second-order valence-electron chi connectivity index (χ2n) is 5.05. The third kappa shape index (κ3) is 4.33. The molecule has 110 valence electrons. The Balaban J connectivity index is 1.92. The van der Waals surface area contributed by atoms with Crippen molar-refractivity contribution in [2.75, 3.05) is 11.9 Å². The van der Waals surface area contributed by atoms with Crippen molar-refractivity contribution in [3.8, 4) is 5.75 Å². The van der Waals surface area contributed by atoms with Gasteiger partial charge >= 0.3 is 0 Å². The topological polar surface area (TPSA) is 38.3 Å². The van der Waals surface area contributed by atoms with Crippen LogP contribution in [0.25, 0.3) is 0 Å². The van der Waals surface area contributed by atoms with Gasteiger partial charge in [0.2, 0.25) is 0 Å². The van der Waals surface area contributed by atoms with Crippen LogP contribution in [0, 0.1) is 20.8 Å². The highest BCUT2D eigenvalue weighted by atomic mass is 79.9. The largest absolute Gasteiger partial charge is 0.484 e. The second-order valence-corrected chi connectivity index (χ2v) is 5.90. The molecule has 0 fully saturated rings. The molecule has 0 bridgehead atoms. The summed E-state index contributed by atoms with van der Waals surface area (Å²) in [6, 6.07) is 11.5. The lowest BCUT2D eigenvalue weighted by Crippen LogP contribution is -2.20. The van der Waals surface area contributed by atoms with Crippen LogP contribution in [0.15, 0.2) is 40.9 Å². The summed E-state index contributed by atoms with van der Waals surface area (Å²) in [5.74, 6) is 0.530. The van der Waals surface area contributed by atoms with Gasteiger partial charge in [-0.25, -0.2) is 0 Å². The number of aryl methyl sites for hydroxylation is 3. The molecule has 0 saturated carbocycles. The smallest absolute Gasteiger partial charge is 0.262 e. The molecule has 0 aliphatic rings. The predicted octanol–water partition coefficient (Wildman–Crippen LogP) is 4.39. The maximum Gasteiger partial charge on any atom is 0.262 e. The summed E-state index contributed by atoms with van der Waals surface area (Å²) in [6.07, 6.45) is 0. The minimum absolute atomic E-state index is 0.00596. The lowest BCUT2D eigenvalue weighted by Gasteiger charge is -2.10. The van der Waals surface area contributed by atoms with E-state index in [1.165, 1.54) is 5.56 Å². The van der Waals surface area contributed by atoms with Gasteiger partial charge in [-0.05, 0) is 61.7 Å². The van der Waals surface area contributed by atoms with Gasteiger partial charge in [-0.15, -0.1) is 0 Å². The van der Waals surface area contributed by atoms with Gasteiger partial charge < -0.3 is 10.1 Å². The summed E-state index contributed by atoms with van der Waals surface area (Å²) in [5.41, 5.74) is 4.23. The van der Waals surface area contributed by atoms with Crippen LogP contribution in [0.3, 0.4) is 0 Å². The van der Waals surface area contributed by atoms with E-state index in [1.54, 1.807) is 0 Å². The number of carbonyl (C=O) groups excluding carboxylic acids is 1. The van der Waals surface area contributed by atoms with Crippen LogP contribution >= 0.6 is 15.9 Å². The standard InChI is InChI=1S/C17H18BrNO2/c1-11-5-7-15(8-13(11)3)21-10-17(20)19-14-6-4-12(2)16(18)9-14/h4-9H,10H2,1-3H3,(H,19,20). The zero-order chi connectivity index (χ0) is 15.4. The molecule has 2 aromatic rings. The van der Waals surface area contributed by atoms with Crippen molar-refractivity contribution >= 4 is 27.5 Å². The SMILES string of the molecule is Cc1ccc(OCC(=O)Nc2ccc(C)c(Br)c2)cc1C. The molecule has 3 nitrogen and oxygen atoms in total. The number of halogens is 1.